The van der Waals surface area contributed by atoms with E-state index in [2.05, 4.69) is 10.6 Å². The largest absolute Gasteiger partial charge is 0.467 e. The summed E-state index contributed by atoms with van der Waals surface area (Å²) >= 11 is 0. The highest BCUT2D eigenvalue weighted by Crippen LogP contribution is 2.13. The first-order chi connectivity index (χ1) is 12.0. The molecule has 1 aromatic carbocycles. The maximum atomic E-state index is 11.9. The molecule has 2 N–H and O–H groups in total. The number of methoxy groups -OCH3 is 1. The molecule has 150 valence electrons. The fourth-order valence-electron chi connectivity index (χ4n) is 1.96. The number of benzene rings is 1. The molecule has 1 aromatic rings. The van der Waals surface area contributed by atoms with Gasteiger partial charge < -0.3 is 20.1 Å². The fraction of sp³-hybridized carbons (Fsp3) is 0.474. The fourth-order valence-corrected chi connectivity index (χ4v) is 1.96. The Morgan fingerprint density at radius 3 is 2.07 bits per heavy atom. The molecule has 0 spiro atoms. The van der Waals surface area contributed by atoms with Gasteiger partial charge in [-0.2, -0.15) is 0 Å². The lowest BCUT2D eigenvalue weighted by Gasteiger charge is -2.22. The smallest absolute Gasteiger partial charge is 0.408 e. The summed E-state index contributed by atoms with van der Waals surface area (Å²) < 4.78 is 9.86. The quantitative estimate of drug-likeness (QED) is 0.579. The van der Waals surface area contributed by atoms with Crippen molar-refractivity contribution in [2.75, 3.05) is 12.4 Å². The van der Waals surface area contributed by atoms with Crippen LogP contribution in [0.25, 0.3) is 0 Å². The van der Waals surface area contributed by atoms with Crippen LogP contribution in [0.3, 0.4) is 0 Å². The molecule has 0 aliphatic carbocycles. The Hall–Kier alpha value is -2.90. The van der Waals surface area contributed by atoms with Gasteiger partial charge in [0.05, 0.1) is 7.11 Å². The van der Waals surface area contributed by atoms with Crippen molar-refractivity contribution in [2.45, 2.75) is 53.2 Å². The summed E-state index contributed by atoms with van der Waals surface area (Å²) in [5.41, 5.74) is 0.474. The molecule has 0 saturated carbocycles. The van der Waals surface area contributed by atoms with Gasteiger partial charge in [0.2, 0.25) is 5.78 Å². The Balaban J connectivity index is 0.00000676. The van der Waals surface area contributed by atoms with Gasteiger partial charge in [-0.3, -0.25) is 9.59 Å². The van der Waals surface area contributed by atoms with Gasteiger partial charge in [-0.05, 0) is 38.5 Å². The second-order valence-corrected chi connectivity index (χ2v) is 6.63. The zero-order chi connectivity index (χ0) is 19.9. The van der Waals surface area contributed by atoms with E-state index in [-0.39, 0.29) is 13.8 Å². The number of carbonyl (C=O) groups excluding carboxylic acids is 4. The van der Waals surface area contributed by atoms with Crippen LogP contribution >= 0.6 is 0 Å². The minimum Gasteiger partial charge on any atom is -0.467 e. The summed E-state index contributed by atoms with van der Waals surface area (Å²) in [6.45, 7) is 6.32. The summed E-state index contributed by atoms with van der Waals surface area (Å²) in [6, 6.07) is 5.61. The van der Waals surface area contributed by atoms with E-state index < -0.39 is 35.4 Å². The maximum absolute atomic E-state index is 11.9. The third-order valence-corrected chi connectivity index (χ3v) is 3.15. The molecule has 0 aliphatic heterocycles. The molecule has 0 bridgehead atoms. The number of carbonyl (C=O) groups is 4. The number of ketones is 1. The van der Waals surface area contributed by atoms with Crippen LogP contribution in [-0.2, 0) is 30.3 Å². The van der Waals surface area contributed by atoms with Crippen LogP contribution < -0.4 is 10.6 Å². The topological polar surface area (TPSA) is 111 Å². The van der Waals surface area contributed by atoms with Crippen LogP contribution in [0.15, 0.2) is 24.3 Å². The first-order valence-electron chi connectivity index (χ1n) is 8.00. The number of hydrogen-bond donors (Lipinski definition) is 2. The van der Waals surface area contributed by atoms with Crippen molar-refractivity contribution in [1.29, 1.82) is 0 Å². The molecule has 2 amide bonds. The Labute approximate surface area is 159 Å². The number of ether oxygens (including phenoxy) is 2. The van der Waals surface area contributed by atoms with E-state index >= 15 is 0 Å². The van der Waals surface area contributed by atoms with Crippen molar-refractivity contribution in [3.8, 4) is 0 Å². The molecule has 1 rings (SSSR count). The zero-order valence-corrected chi connectivity index (χ0v) is 15.5. The number of rotatable bonds is 6. The van der Waals surface area contributed by atoms with Gasteiger partial charge in [0.15, 0.2) is 0 Å². The van der Waals surface area contributed by atoms with Crippen molar-refractivity contribution in [2.24, 2.45) is 0 Å². The molecular formula is C19H28N2O6. The highest BCUT2D eigenvalue weighted by molar-refractivity contribution is 6.39. The van der Waals surface area contributed by atoms with Crippen molar-refractivity contribution in [3.05, 3.63) is 29.8 Å². The van der Waals surface area contributed by atoms with Crippen molar-refractivity contribution in [1.82, 2.24) is 5.32 Å². The van der Waals surface area contributed by atoms with Gasteiger partial charge in [-0.25, -0.2) is 9.59 Å². The van der Waals surface area contributed by atoms with E-state index in [0.29, 0.717) is 5.69 Å². The van der Waals surface area contributed by atoms with Crippen LogP contribution in [0, 0.1) is 0 Å². The minimum atomic E-state index is -0.924. The van der Waals surface area contributed by atoms with Crippen LogP contribution in [-0.4, -0.2) is 42.5 Å². The van der Waals surface area contributed by atoms with Crippen LogP contribution in [0.2, 0.25) is 0 Å². The molecule has 8 heteroatoms. The van der Waals surface area contributed by atoms with E-state index in [1.54, 1.807) is 45.0 Å². The molecule has 0 radical (unpaired) electrons. The molecule has 1 atom stereocenters. The summed E-state index contributed by atoms with van der Waals surface area (Å²) in [6.07, 6.45) is -0.550. The number of anilines is 1. The van der Waals surface area contributed by atoms with Gasteiger partial charge >= 0.3 is 12.1 Å². The molecule has 1 unspecified atom stereocenters. The summed E-state index contributed by atoms with van der Waals surface area (Å²) in [7, 11) is 1.23. The van der Waals surface area contributed by atoms with E-state index in [1.165, 1.54) is 14.0 Å². The maximum Gasteiger partial charge on any atom is 0.408 e. The molecule has 8 nitrogen and oxygen atoms in total. The number of nitrogens with one attached hydrogen (secondary N) is 2. The van der Waals surface area contributed by atoms with E-state index in [0.717, 1.165) is 5.56 Å². The lowest BCUT2D eigenvalue weighted by Crippen LogP contribution is -2.45. The average molecular weight is 380 g/mol. The third-order valence-electron chi connectivity index (χ3n) is 3.15. The van der Waals surface area contributed by atoms with Gasteiger partial charge in [-0.1, -0.05) is 19.6 Å². The standard InChI is InChI=1S/C18H24N2O6.CH4/c1-11(21)15(22)19-13-8-6-12(7-9-13)10-14(16(23)25-5)20-17(24)26-18(2,3)4;/h6-9,14H,10H2,1-5H3,(H,19,22)(H,20,24);1H4. The predicted molar refractivity (Wildman–Crippen MR) is 101 cm³/mol. The van der Waals surface area contributed by atoms with E-state index in [9.17, 15) is 19.2 Å². The number of alkyl carbamates (subject to hydrolysis) is 1. The monoisotopic (exact) mass is 380 g/mol. The zero-order valence-electron chi connectivity index (χ0n) is 15.5. The number of esters is 1. The molecule has 0 saturated heterocycles. The van der Waals surface area contributed by atoms with E-state index in [1.807, 2.05) is 0 Å². The third kappa shape index (κ3) is 8.84. The Morgan fingerprint density at radius 1 is 1.07 bits per heavy atom. The highest BCUT2D eigenvalue weighted by Gasteiger charge is 2.25. The second kappa shape index (κ2) is 10.3. The SMILES string of the molecule is C.COC(=O)C(Cc1ccc(NC(=O)C(C)=O)cc1)NC(=O)OC(C)(C)C. The normalized spacial score (nSPS) is 11.4. The first kappa shape index (κ1) is 24.1. The highest BCUT2D eigenvalue weighted by atomic mass is 16.6. The van der Waals surface area contributed by atoms with Crippen molar-refractivity contribution >= 4 is 29.4 Å². The Bertz CT molecular complexity index is 676. The lowest BCUT2D eigenvalue weighted by molar-refractivity contribution is -0.143. The first-order valence-corrected chi connectivity index (χ1v) is 8.00. The van der Waals surface area contributed by atoms with Crippen LogP contribution in [0.1, 0.15) is 40.7 Å². The van der Waals surface area contributed by atoms with Gasteiger partial charge in [0.1, 0.15) is 11.6 Å². The lowest BCUT2D eigenvalue weighted by atomic mass is 10.1. The van der Waals surface area contributed by atoms with Crippen molar-refractivity contribution in [3.63, 3.8) is 0 Å². The molecule has 0 aliphatic rings. The molecule has 0 aromatic heterocycles. The van der Waals surface area contributed by atoms with Crippen LogP contribution in [0.4, 0.5) is 10.5 Å². The van der Waals surface area contributed by atoms with Gasteiger partial charge in [-0.15, -0.1) is 0 Å². The van der Waals surface area contributed by atoms with Gasteiger partial charge in [0, 0.05) is 19.0 Å². The number of Topliss-reactive ketones (excluding diaryl/α,β-unsaturated/α-hetero) is 1. The van der Waals surface area contributed by atoms with Crippen LogP contribution in [0.5, 0.6) is 0 Å². The summed E-state index contributed by atoms with van der Waals surface area (Å²) in [4.78, 5) is 46.1. The Morgan fingerprint density at radius 2 is 1.63 bits per heavy atom. The molecule has 0 fully saturated rings. The minimum absolute atomic E-state index is 0. The molecule has 0 heterocycles. The summed E-state index contributed by atoms with van der Waals surface area (Å²) in [5.74, 6) is -1.91. The molecule has 27 heavy (non-hydrogen) atoms. The van der Waals surface area contributed by atoms with E-state index in [4.69, 9.17) is 9.47 Å². The average Bonchev–Trinajstić information content (AvgIpc) is 2.53. The predicted octanol–water partition coefficient (Wildman–Crippen LogP) is 2.46. The second-order valence-electron chi connectivity index (χ2n) is 6.63. The molecular weight excluding hydrogens is 352 g/mol. The summed E-state index contributed by atoms with van der Waals surface area (Å²) in [5, 5.41) is 4.93. The number of amides is 2. The van der Waals surface area contributed by atoms with Gasteiger partial charge in [0.25, 0.3) is 5.91 Å². The Kier molecular flexibility index (Phi) is 9.19. The van der Waals surface area contributed by atoms with Crippen molar-refractivity contribution < 1.29 is 28.7 Å². The number of hydrogen-bond acceptors (Lipinski definition) is 6.